The van der Waals surface area contributed by atoms with Crippen molar-refractivity contribution in [3.05, 3.63) is 72.1 Å². The number of hydrogen-bond donors (Lipinski definition) is 0. The van der Waals surface area contributed by atoms with Crippen LogP contribution in [0, 0.1) is 0 Å². The van der Waals surface area contributed by atoms with Gasteiger partial charge < -0.3 is 0 Å². The summed E-state index contributed by atoms with van der Waals surface area (Å²) in [4.78, 5) is 9.25. The molecular weight excluding hydrogens is 364 g/mol. The van der Waals surface area contributed by atoms with Gasteiger partial charge in [-0.15, -0.1) is 0 Å². The van der Waals surface area contributed by atoms with E-state index in [4.69, 9.17) is 0 Å². The minimum Gasteiger partial charge on any atom is -0.236 e. The van der Waals surface area contributed by atoms with E-state index in [0.29, 0.717) is 0 Å². The maximum absolute atomic E-state index is 4.62. The van der Waals surface area contributed by atoms with Crippen LogP contribution in [0.1, 0.15) is 76.3 Å². The van der Waals surface area contributed by atoms with Crippen LogP contribution in [0.3, 0.4) is 0 Å². The van der Waals surface area contributed by atoms with Gasteiger partial charge in [0.05, 0.1) is 0 Å². The van der Waals surface area contributed by atoms with Crippen molar-refractivity contribution in [2.24, 2.45) is 0 Å². The van der Waals surface area contributed by atoms with Crippen molar-refractivity contribution in [2.75, 3.05) is 0 Å². The van der Waals surface area contributed by atoms with Crippen LogP contribution in [0.15, 0.2) is 60.9 Å². The van der Waals surface area contributed by atoms with Gasteiger partial charge in [-0.05, 0) is 42.4 Å². The predicted molar refractivity (Wildman–Crippen MR) is 129 cm³/mol. The van der Waals surface area contributed by atoms with Crippen LogP contribution >= 0.6 is 0 Å². The molecule has 30 heavy (non-hydrogen) atoms. The topological polar surface area (TPSA) is 25.8 Å². The molecule has 0 radical (unpaired) electrons. The average molecular weight is 401 g/mol. The summed E-state index contributed by atoms with van der Waals surface area (Å²) in [5.74, 6) is 0.795. The van der Waals surface area contributed by atoms with Gasteiger partial charge in [-0.2, -0.15) is 0 Å². The highest BCUT2D eigenvalue weighted by atomic mass is 14.9. The van der Waals surface area contributed by atoms with E-state index in [2.05, 4.69) is 72.3 Å². The summed E-state index contributed by atoms with van der Waals surface area (Å²) in [6, 6.07) is 17.6. The smallest absolute Gasteiger partial charge is 0.159 e. The first-order valence-corrected chi connectivity index (χ1v) is 11.8. The van der Waals surface area contributed by atoms with E-state index in [-0.39, 0.29) is 0 Å². The molecule has 3 aromatic rings. The van der Waals surface area contributed by atoms with Crippen molar-refractivity contribution < 1.29 is 0 Å². The van der Waals surface area contributed by atoms with E-state index < -0.39 is 0 Å². The minimum atomic E-state index is 0.795. The van der Waals surface area contributed by atoms with E-state index in [1.54, 1.807) is 0 Å². The molecule has 1 heterocycles. The number of aromatic nitrogens is 2. The molecule has 0 saturated carbocycles. The number of aryl methyl sites for hydroxylation is 2. The van der Waals surface area contributed by atoms with Gasteiger partial charge in [0.1, 0.15) is 0 Å². The molecule has 0 bridgehead atoms. The molecule has 2 heteroatoms. The molecule has 0 unspecified atom stereocenters. The Labute approximate surface area is 182 Å². The lowest BCUT2D eigenvalue weighted by Gasteiger charge is -2.06. The van der Waals surface area contributed by atoms with Gasteiger partial charge in [0, 0.05) is 23.5 Å². The fourth-order valence-corrected chi connectivity index (χ4v) is 3.82. The molecule has 3 rings (SSSR count). The van der Waals surface area contributed by atoms with Gasteiger partial charge in [-0.1, -0.05) is 101 Å². The van der Waals surface area contributed by atoms with Gasteiger partial charge in [0.15, 0.2) is 5.82 Å². The Morgan fingerprint density at radius 1 is 0.500 bits per heavy atom. The maximum atomic E-state index is 4.62. The van der Waals surface area contributed by atoms with Crippen molar-refractivity contribution >= 4 is 0 Å². The van der Waals surface area contributed by atoms with Crippen LogP contribution in [-0.4, -0.2) is 9.97 Å². The van der Waals surface area contributed by atoms with Crippen LogP contribution in [-0.2, 0) is 12.8 Å². The maximum Gasteiger partial charge on any atom is 0.159 e. The quantitative estimate of drug-likeness (QED) is 0.287. The fourth-order valence-electron chi connectivity index (χ4n) is 3.82. The van der Waals surface area contributed by atoms with Crippen molar-refractivity contribution in [3.8, 4) is 22.5 Å². The number of rotatable bonds is 12. The zero-order valence-electron chi connectivity index (χ0n) is 18.7. The van der Waals surface area contributed by atoms with E-state index in [9.17, 15) is 0 Å². The highest BCUT2D eigenvalue weighted by molar-refractivity contribution is 5.64. The summed E-state index contributed by atoms with van der Waals surface area (Å²) < 4.78 is 0. The van der Waals surface area contributed by atoms with Crippen LogP contribution in [0.25, 0.3) is 22.5 Å². The first kappa shape index (κ1) is 22.2. The second-order valence-electron chi connectivity index (χ2n) is 8.31. The number of benzene rings is 2. The fraction of sp³-hybridized carbons (Fsp3) is 0.429. The highest BCUT2D eigenvalue weighted by Crippen LogP contribution is 2.22. The first-order valence-electron chi connectivity index (χ1n) is 11.8. The van der Waals surface area contributed by atoms with Crippen molar-refractivity contribution in [3.63, 3.8) is 0 Å². The first-order chi connectivity index (χ1) is 14.8. The third-order valence-electron chi connectivity index (χ3n) is 5.79. The summed E-state index contributed by atoms with van der Waals surface area (Å²) in [6.07, 6.45) is 16.7. The molecular formula is C28H36N2. The molecule has 0 N–H and O–H groups in total. The largest absolute Gasteiger partial charge is 0.236 e. The Morgan fingerprint density at radius 2 is 0.967 bits per heavy atom. The Hall–Kier alpha value is -2.48. The lowest BCUT2D eigenvalue weighted by atomic mass is 10.0. The SMILES string of the molecule is CCCCCCc1ccc(-c2cnc(-c3ccc(CCCCCC)cc3)nc2)cc1. The van der Waals surface area contributed by atoms with Crippen molar-refractivity contribution in [1.29, 1.82) is 0 Å². The van der Waals surface area contributed by atoms with Gasteiger partial charge in [0.25, 0.3) is 0 Å². The molecule has 158 valence electrons. The monoisotopic (exact) mass is 400 g/mol. The number of hydrogen-bond acceptors (Lipinski definition) is 2. The zero-order chi connectivity index (χ0) is 21.0. The van der Waals surface area contributed by atoms with E-state index in [1.165, 1.54) is 74.5 Å². The molecule has 1 aromatic heterocycles. The lowest BCUT2D eigenvalue weighted by Crippen LogP contribution is -1.92. The van der Waals surface area contributed by atoms with E-state index in [1.807, 2.05) is 12.4 Å². The highest BCUT2D eigenvalue weighted by Gasteiger charge is 2.04. The van der Waals surface area contributed by atoms with Gasteiger partial charge in [-0.3, -0.25) is 0 Å². The van der Waals surface area contributed by atoms with Gasteiger partial charge in [0.2, 0.25) is 0 Å². The van der Waals surface area contributed by atoms with Crippen molar-refractivity contribution in [1.82, 2.24) is 9.97 Å². The van der Waals surface area contributed by atoms with Gasteiger partial charge in [-0.25, -0.2) is 9.97 Å². The number of unbranched alkanes of at least 4 members (excludes halogenated alkanes) is 6. The molecule has 0 aliphatic heterocycles. The number of nitrogens with zero attached hydrogens (tertiary/aromatic N) is 2. The Kier molecular flexibility index (Phi) is 9.08. The molecule has 0 fully saturated rings. The second-order valence-corrected chi connectivity index (χ2v) is 8.31. The molecule has 2 nitrogen and oxygen atoms in total. The average Bonchev–Trinajstić information content (AvgIpc) is 2.81. The van der Waals surface area contributed by atoms with Crippen LogP contribution in [0.5, 0.6) is 0 Å². The molecule has 0 saturated heterocycles. The summed E-state index contributed by atoms with van der Waals surface area (Å²) in [5, 5.41) is 0. The second kappa shape index (κ2) is 12.3. The zero-order valence-corrected chi connectivity index (χ0v) is 18.7. The minimum absolute atomic E-state index is 0.795. The molecule has 2 aromatic carbocycles. The molecule has 0 aliphatic carbocycles. The van der Waals surface area contributed by atoms with Crippen LogP contribution in [0.4, 0.5) is 0 Å². The molecule has 0 atom stereocenters. The lowest BCUT2D eigenvalue weighted by molar-refractivity contribution is 0.667. The Balaban J connectivity index is 1.56. The van der Waals surface area contributed by atoms with E-state index >= 15 is 0 Å². The Morgan fingerprint density at radius 3 is 1.43 bits per heavy atom. The van der Waals surface area contributed by atoms with Crippen molar-refractivity contribution in [2.45, 2.75) is 78.1 Å². The van der Waals surface area contributed by atoms with Crippen LogP contribution < -0.4 is 0 Å². The summed E-state index contributed by atoms with van der Waals surface area (Å²) in [5.41, 5.74) is 6.16. The third kappa shape index (κ3) is 6.79. The Bertz CT molecular complexity index is 774. The van der Waals surface area contributed by atoms with Gasteiger partial charge >= 0.3 is 0 Å². The predicted octanol–water partition coefficient (Wildman–Crippen LogP) is 8.06. The summed E-state index contributed by atoms with van der Waals surface area (Å²) in [6.45, 7) is 4.51. The third-order valence-corrected chi connectivity index (χ3v) is 5.79. The molecule has 0 amide bonds. The van der Waals surface area contributed by atoms with Crippen LogP contribution in [0.2, 0.25) is 0 Å². The summed E-state index contributed by atoms with van der Waals surface area (Å²) >= 11 is 0. The standard InChI is InChI=1S/C28H36N2/c1-3-5-7-9-11-23-13-17-25(18-14-23)27-21-29-28(30-22-27)26-19-15-24(16-20-26)12-10-8-6-4-2/h13-22H,3-12H2,1-2H3. The molecule has 0 aliphatic rings. The molecule has 0 spiro atoms. The summed E-state index contributed by atoms with van der Waals surface area (Å²) in [7, 11) is 0. The normalized spacial score (nSPS) is 11.0. The van der Waals surface area contributed by atoms with E-state index in [0.717, 1.165) is 23.4 Å².